The summed E-state index contributed by atoms with van der Waals surface area (Å²) in [6.07, 6.45) is 2.64. The van der Waals surface area contributed by atoms with Crippen LogP contribution in [-0.2, 0) is 0 Å². The van der Waals surface area contributed by atoms with E-state index in [1.165, 1.54) is 0 Å². The zero-order chi connectivity index (χ0) is 14.0. The maximum Gasteiger partial charge on any atom is 0.255 e. The number of nitrogens with zero attached hydrogens (tertiary/aromatic N) is 3. The first kappa shape index (κ1) is 20.0. The number of likely N-dealkylation sites (tertiary alicyclic amines) is 1. The zero-order valence-electron chi connectivity index (χ0n) is 12.7. The molecule has 1 fully saturated rings. The van der Waals surface area contributed by atoms with Crippen LogP contribution in [0.4, 0.5) is 5.82 Å². The Balaban J connectivity index is 0.00000200. The molecular weight excluding hydrogens is 311 g/mol. The number of halogens is 2. The summed E-state index contributed by atoms with van der Waals surface area (Å²) in [5.41, 5.74) is 6.34. The number of anilines is 1. The lowest BCUT2D eigenvalue weighted by Gasteiger charge is -2.21. The van der Waals surface area contributed by atoms with Crippen molar-refractivity contribution in [3.8, 4) is 0 Å². The average Bonchev–Trinajstić information content (AvgIpc) is 2.79. The number of carbonyl (C=O) groups is 1. The highest BCUT2D eigenvalue weighted by Crippen LogP contribution is 2.24. The van der Waals surface area contributed by atoms with Gasteiger partial charge in [0.05, 0.1) is 5.56 Å². The molecule has 0 aromatic carbocycles. The van der Waals surface area contributed by atoms with Crippen LogP contribution < -0.4 is 10.6 Å². The molecule has 1 aliphatic rings. The van der Waals surface area contributed by atoms with Gasteiger partial charge in [0.2, 0.25) is 0 Å². The van der Waals surface area contributed by atoms with Crippen molar-refractivity contribution in [2.45, 2.75) is 19.4 Å². The molecular formula is C14H24Cl2N4O. The Morgan fingerprint density at radius 1 is 1.43 bits per heavy atom. The maximum absolute atomic E-state index is 12.4. The lowest BCUT2D eigenvalue weighted by molar-refractivity contribution is 0.0743. The second-order valence-corrected chi connectivity index (χ2v) is 5.44. The lowest BCUT2D eigenvalue weighted by atomic mass is 10.1. The van der Waals surface area contributed by atoms with Gasteiger partial charge in [0.1, 0.15) is 5.82 Å². The highest BCUT2D eigenvalue weighted by atomic mass is 35.5. The first-order valence-electron chi connectivity index (χ1n) is 6.67. The van der Waals surface area contributed by atoms with E-state index >= 15 is 0 Å². The number of carbonyl (C=O) groups excluding carboxylic acids is 1. The van der Waals surface area contributed by atoms with Gasteiger partial charge in [0.25, 0.3) is 5.91 Å². The Labute approximate surface area is 138 Å². The van der Waals surface area contributed by atoms with Crippen LogP contribution in [0.5, 0.6) is 0 Å². The zero-order valence-corrected chi connectivity index (χ0v) is 14.3. The fraction of sp³-hybridized carbons (Fsp3) is 0.571. The van der Waals surface area contributed by atoms with Gasteiger partial charge < -0.3 is 15.5 Å². The van der Waals surface area contributed by atoms with E-state index < -0.39 is 0 Å². The summed E-state index contributed by atoms with van der Waals surface area (Å²) in [5.74, 6) is 1.33. The monoisotopic (exact) mass is 334 g/mol. The van der Waals surface area contributed by atoms with Gasteiger partial charge in [-0.15, -0.1) is 24.8 Å². The molecule has 2 N–H and O–H groups in total. The second-order valence-electron chi connectivity index (χ2n) is 5.44. The molecule has 7 heteroatoms. The Hall–Kier alpha value is -1.04. The fourth-order valence-electron chi connectivity index (χ4n) is 2.54. The highest BCUT2D eigenvalue weighted by molar-refractivity contribution is 5.94. The van der Waals surface area contributed by atoms with Crippen molar-refractivity contribution in [1.82, 2.24) is 9.88 Å². The summed E-state index contributed by atoms with van der Waals surface area (Å²) in [6, 6.07) is 3.97. The molecule has 21 heavy (non-hydrogen) atoms. The number of aromatic nitrogens is 1. The van der Waals surface area contributed by atoms with E-state index in [9.17, 15) is 4.79 Å². The molecule has 1 aliphatic heterocycles. The third-order valence-electron chi connectivity index (χ3n) is 3.71. The molecule has 120 valence electrons. The van der Waals surface area contributed by atoms with E-state index in [0.717, 1.165) is 18.8 Å². The first-order chi connectivity index (χ1) is 9.02. The third kappa shape index (κ3) is 4.46. The van der Waals surface area contributed by atoms with E-state index in [1.54, 1.807) is 6.20 Å². The fourth-order valence-corrected chi connectivity index (χ4v) is 2.54. The summed E-state index contributed by atoms with van der Waals surface area (Å²) in [6.45, 7) is 3.48. The maximum atomic E-state index is 12.4. The molecule has 2 atom stereocenters. The Bertz CT molecular complexity index is 453. The van der Waals surface area contributed by atoms with Crippen molar-refractivity contribution in [3.05, 3.63) is 23.9 Å². The van der Waals surface area contributed by atoms with E-state index in [2.05, 4.69) is 11.9 Å². The number of amides is 1. The quantitative estimate of drug-likeness (QED) is 0.915. The Kier molecular flexibility index (Phi) is 8.00. The van der Waals surface area contributed by atoms with E-state index in [4.69, 9.17) is 5.73 Å². The highest BCUT2D eigenvalue weighted by Gasteiger charge is 2.32. The molecule has 0 radical (unpaired) electrons. The molecule has 2 heterocycles. The molecule has 1 saturated heterocycles. The third-order valence-corrected chi connectivity index (χ3v) is 3.71. The van der Waals surface area contributed by atoms with Crippen LogP contribution in [0.2, 0.25) is 0 Å². The number of pyridine rings is 1. The SMILES string of the molecule is CC1CC(CN)CN1C(=O)c1ccc(N(C)C)nc1.Cl.Cl. The van der Waals surface area contributed by atoms with Crippen LogP contribution in [0.3, 0.4) is 0 Å². The summed E-state index contributed by atoms with van der Waals surface area (Å²) in [5, 5.41) is 0. The minimum atomic E-state index is 0. The van der Waals surface area contributed by atoms with Crippen LogP contribution in [0.25, 0.3) is 0 Å². The largest absolute Gasteiger partial charge is 0.363 e. The topological polar surface area (TPSA) is 62.5 Å². The molecule has 2 rings (SSSR count). The van der Waals surface area contributed by atoms with Gasteiger partial charge in [0, 0.05) is 32.9 Å². The van der Waals surface area contributed by atoms with Crippen LogP contribution in [-0.4, -0.2) is 49.0 Å². The predicted octanol–water partition coefficient (Wildman–Crippen LogP) is 1.80. The van der Waals surface area contributed by atoms with Crippen LogP contribution >= 0.6 is 24.8 Å². The van der Waals surface area contributed by atoms with Crippen molar-refractivity contribution >= 4 is 36.5 Å². The Morgan fingerprint density at radius 2 is 2.10 bits per heavy atom. The predicted molar refractivity (Wildman–Crippen MR) is 90.7 cm³/mol. The van der Waals surface area contributed by atoms with Gasteiger partial charge in [-0.2, -0.15) is 0 Å². The van der Waals surface area contributed by atoms with Gasteiger partial charge in [-0.05, 0) is 37.9 Å². The molecule has 1 aromatic heterocycles. The van der Waals surface area contributed by atoms with Crippen molar-refractivity contribution in [3.63, 3.8) is 0 Å². The van der Waals surface area contributed by atoms with Crippen molar-refractivity contribution < 1.29 is 4.79 Å². The number of hydrogen-bond donors (Lipinski definition) is 1. The smallest absolute Gasteiger partial charge is 0.255 e. The van der Waals surface area contributed by atoms with Gasteiger partial charge >= 0.3 is 0 Å². The summed E-state index contributed by atoms with van der Waals surface area (Å²) >= 11 is 0. The average molecular weight is 335 g/mol. The summed E-state index contributed by atoms with van der Waals surface area (Å²) in [4.78, 5) is 20.5. The molecule has 1 amide bonds. The molecule has 2 unspecified atom stereocenters. The van der Waals surface area contributed by atoms with E-state index in [-0.39, 0.29) is 36.8 Å². The molecule has 5 nitrogen and oxygen atoms in total. The Morgan fingerprint density at radius 3 is 2.52 bits per heavy atom. The normalized spacial score (nSPS) is 20.5. The van der Waals surface area contributed by atoms with Crippen LogP contribution in [0, 0.1) is 5.92 Å². The van der Waals surface area contributed by atoms with E-state index in [0.29, 0.717) is 18.0 Å². The number of rotatable bonds is 3. The molecule has 1 aromatic rings. The molecule has 0 aliphatic carbocycles. The summed E-state index contributed by atoms with van der Waals surface area (Å²) < 4.78 is 0. The van der Waals surface area contributed by atoms with Gasteiger partial charge in [0.15, 0.2) is 0 Å². The lowest BCUT2D eigenvalue weighted by Crippen LogP contribution is -2.34. The standard InChI is InChI=1S/C14H22N4O.2ClH/c1-10-6-11(7-15)9-18(10)14(19)12-4-5-13(16-8-12)17(2)3;;/h4-5,8,10-11H,6-7,9,15H2,1-3H3;2*1H. The van der Waals surface area contributed by atoms with Gasteiger partial charge in [-0.3, -0.25) is 4.79 Å². The van der Waals surface area contributed by atoms with Crippen LogP contribution in [0.15, 0.2) is 18.3 Å². The van der Waals surface area contributed by atoms with Gasteiger partial charge in [-0.1, -0.05) is 0 Å². The summed E-state index contributed by atoms with van der Waals surface area (Å²) in [7, 11) is 3.86. The minimum Gasteiger partial charge on any atom is -0.363 e. The second kappa shape index (κ2) is 8.41. The molecule has 0 spiro atoms. The van der Waals surface area contributed by atoms with Crippen molar-refractivity contribution in [2.75, 3.05) is 32.1 Å². The van der Waals surface area contributed by atoms with Crippen molar-refractivity contribution in [2.24, 2.45) is 11.7 Å². The minimum absolute atomic E-state index is 0. The van der Waals surface area contributed by atoms with Crippen LogP contribution in [0.1, 0.15) is 23.7 Å². The number of nitrogens with two attached hydrogens (primary N) is 1. The first-order valence-corrected chi connectivity index (χ1v) is 6.67. The molecule has 0 saturated carbocycles. The number of hydrogen-bond acceptors (Lipinski definition) is 4. The van der Waals surface area contributed by atoms with Gasteiger partial charge in [-0.25, -0.2) is 4.98 Å². The van der Waals surface area contributed by atoms with E-state index in [1.807, 2.05) is 36.0 Å². The van der Waals surface area contributed by atoms with Crippen molar-refractivity contribution in [1.29, 1.82) is 0 Å². The molecule has 0 bridgehead atoms.